The summed E-state index contributed by atoms with van der Waals surface area (Å²) in [5, 5.41) is 0. The van der Waals surface area contributed by atoms with Crippen LogP contribution in [0.3, 0.4) is 0 Å². The van der Waals surface area contributed by atoms with Crippen LogP contribution >= 0.6 is 0 Å². The number of nitrogens with zero attached hydrogens (tertiary/aromatic N) is 2. The number of aromatic nitrogens is 2. The zero-order valence-electron chi connectivity index (χ0n) is 10.7. The van der Waals surface area contributed by atoms with E-state index in [9.17, 15) is 13.2 Å². The van der Waals surface area contributed by atoms with Crippen LogP contribution in [-0.2, 0) is 13.0 Å². The molecule has 0 saturated heterocycles. The van der Waals surface area contributed by atoms with Gasteiger partial charge in [-0.25, -0.2) is 4.98 Å². The van der Waals surface area contributed by atoms with Crippen LogP contribution in [0.25, 0.3) is 11.0 Å². The lowest BCUT2D eigenvalue weighted by atomic mass is 10.2. The molecule has 104 valence electrons. The van der Waals surface area contributed by atoms with Crippen molar-refractivity contribution in [2.75, 3.05) is 5.73 Å². The molecule has 3 nitrogen and oxygen atoms in total. The standard InChI is InChI=1S/C13H16F3N3/c1-2-3-12-18-10-8-9(17)4-5-11(10)19(12)7-6-13(14,15)16/h4-5,8H,2-3,6-7,17H2,1H3. The van der Waals surface area contributed by atoms with E-state index < -0.39 is 12.6 Å². The maximum absolute atomic E-state index is 12.4. The minimum Gasteiger partial charge on any atom is -0.399 e. The number of imidazole rings is 1. The SMILES string of the molecule is CCCc1nc2cc(N)ccc2n1CCC(F)(F)F. The first kappa shape index (κ1) is 13.7. The fourth-order valence-electron chi connectivity index (χ4n) is 2.10. The number of hydrogen-bond donors (Lipinski definition) is 1. The number of alkyl halides is 3. The average Bonchev–Trinajstić information content (AvgIpc) is 2.62. The molecule has 0 amide bonds. The summed E-state index contributed by atoms with van der Waals surface area (Å²) in [5.74, 6) is 0.687. The smallest absolute Gasteiger partial charge is 0.390 e. The van der Waals surface area contributed by atoms with Crippen molar-refractivity contribution in [2.24, 2.45) is 0 Å². The average molecular weight is 271 g/mol. The molecule has 1 aromatic carbocycles. The molecule has 1 aromatic heterocycles. The van der Waals surface area contributed by atoms with Gasteiger partial charge < -0.3 is 10.3 Å². The first-order valence-electron chi connectivity index (χ1n) is 6.22. The minimum atomic E-state index is -4.16. The minimum absolute atomic E-state index is 0.0980. The van der Waals surface area contributed by atoms with Gasteiger partial charge in [0.1, 0.15) is 5.82 Å². The van der Waals surface area contributed by atoms with Crippen molar-refractivity contribution in [3.8, 4) is 0 Å². The third kappa shape index (κ3) is 3.19. The summed E-state index contributed by atoms with van der Waals surface area (Å²) in [7, 11) is 0. The summed E-state index contributed by atoms with van der Waals surface area (Å²) in [6, 6.07) is 5.11. The van der Waals surface area contributed by atoms with Gasteiger partial charge in [-0.2, -0.15) is 13.2 Å². The molecule has 6 heteroatoms. The van der Waals surface area contributed by atoms with Gasteiger partial charge in [0.05, 0.1) is 17.5 Å². The Labute approximate surface area is 109 Å². The zero-order chi connectivity index (χ0) is 14.0. The van der Waals surface area contributed by atoms with Crippen LogP contribution in [0.4, 0.5) is 18.9 Å². The number of nitrogens with two attached hydrogens (primary N) is 1. The van der Waals surface area contributed by atoms with E-state index in [1.165, 1.54) is 0 Å². The van der Waals surface area contributed by atoms with Crippen molar-refractivity contribution in [1.82, 2.24) is 9.55 Å². The molecule has 0 atom stereocenters. The van der Waals surface area contributed by atoms with Gasteiger partial charge in [0.15, 0.2) is 0 Å². The van der Waals surface area contributed by atoms with E-state index in [0.717, 1.165) is 6.42 Å². The number of aryl methyl sites for hydroxylation is 2. The van der Waals surface area contributed by atoms with Crippen molar-refractivity contribution >= 4 is 16.7 Å². The Hall–Kier alpha value is -1.72. The summed E-state index contributed by atoms with van der Waals surface area (Å²) >= 11 is 0. The summed E-state index contributed by atoms with van der Waals surface area (Å²) in [5.41, 5.74) is 7.60. The van der Waals surface area contributed by atoms with Crippen LogP contribution in [0.5, 0.6) is 0 Å². The van der Waals surface area contributed by atoms with Crippen LogP contribution in [0.15, 0.2) is 18.2 Å². The summed E-state index contributed by atoms with van der Waals surface area (Å²) in [6.45, 7) is 1.88. The lowest BCUT2D eigenvalue weighted by Gasteiger charge is -2.10. The largest absolute Gasteiger partial charge is 0.399 e. The Bertz CT molecular complexity index is 572. The fourth-order valence-corrected chi connectivity index (χ4v) is 2.10. The van der Waals surface area contributed by atoms with Crippen LogP contribution < -0.4 is 5.73 Å². The third-order valence-electron chi connectivity index (χ3n) is 2.94. The van der Waals surface area contributed by atoms with Crippen molar-refractivity contribution in [3.05, 3.63) is 24.0 Å². The summed E-state index contributed by atoms with van der Waals surface area (Å²) < 4.78 is 38.8. The molecule has 19 heavy (non-hydrogen) atoms. The predicted molar refractivity (Wildman–Crippen MR) is 68.8 cm³/mol. The molecule has 0 aliphatic heterocycles. The summed E-state index contributed by atoms with van der Waals surface area (Å²) in [6.07, 6.45) is -3.51. The van der Waals surface area contributed by atoms with Crippen molar-refractivity contribution in [3.63, 3.8) is 0 Å². The van der Waals surface area contributed by atoms with Gasteiger partial charge >= 0.3 is 6.18 Å². The lowest BCUT2D eigenvalue weighted by molar-refractivity contribution is -0.136. The normalized spacial score (nSPS) is 12.2. The van der Waals surface area contributed by atoms with Gasteiger partial charge in [-0.05, 0) is 24.6 Å². The van der Waals surface area contributed by atoms with Gasteiger partial charge in [-0.3, -0.25) is 0 Å². The van der Waals surface area contributed by atoms with E-state index in [2.05, 4.69) is 4.98 Å². The van der Waals surface area contributed by atoms with Gasteiger partial charge in [0.25, 0.3) is 0 Å². The van der Waals surface area contributed by atoms with Crippen LogP contribution in [-0.4, -0.2) is 15.7 Å². The number of benzene rings is 1. The number of hydrogen-bond acceptors (Lipinski definition) is 2. The van der Waals surface area contributed by atoms with Crippen molar-refractivity contribution in [1.29, 1.82) is 0 Å². The van der Waals surface area contributed by atoms with E-state index in [1.807, 2.05) is 6.92 Å². The second-order valence-corrected chi connectivity index (χ2v) is 4.54. The van der Waals surface area contributed by atoms with Crippen LogP contribution in [0.1, 0.15) is 25.6 Å². The van der Waals surface area contributed by atoms with Crippen LogP contribution in [0.2, 0.25) is 0 Å². The highest BCUT2D eigenvalue weighted by molar-refractivity contribution is 5.79. The molecule has 0 aliphatic rings. The fraction of sp³-hybridized carbons (Fsp3) is 0.462. The van der Waals surface area contributed by atoms with Gasteiger partial charge in [-0.1, -0.05) is 6.92 Å². The maximum Gasteiger partial charge on any atom is 0.390 e. The molecule has 2 rings (SSSR count). The number of halogens is 3. The number of nitrogen functional groups attached to an aromatic ring is 1. The topological polar surface area (TPSA) is 43.8 Å². The molecule has 0 fully saturated rings. The lowest BCUT2D eigenvalue weighted by Crippen LogP contribution is -2.14. The van der Waals surface area contributed by atoms with Gasteiger partial charge in [-0.15, -0.1) is 0 Å². The quantitative estimate of drug-likeness (QED) is 0.865. The second-order valence-electron chi connectivity index (χ2n) is 4.54. The van der Waals surface area contributed by atoms with Gasteiger partial charge in [0.2, 0.25) is 0 Å². The number of fused-ring (bicyclic) bond motifs is 1. The Morgan fingerprint density at radius 3 is 2.68 bits per heavy atom. The van der Waals surface area contributed by atoms with E-state index in [0.29, 0.717) is 29.0 Å². The van der Waals surface area contributed by atoms with E-state index in [1.54, 1.807) is 22.8 Å². The third-order valence-corrected chi connectivity index (χ3v) is 2.94. The molecule has 0 unspecified atom stereocenters. The molecule has 0 radical (unpaired) electrons. The molecular formula is C13H16F3N3. The Morgan fingerprint density at radius 2 is 2.05 bits per heavy atom. The van der Waals surface area contributed by atoms with Crippen molar-refractivity contribution < 1.29 is 13.2 Å². The zero-order valence-corrected chi connectivity index (χ0v) is 10.7. The Morgan fingerprint density at radius 1 is 1.32 bits per heavy atom. The van der Waals surface area contributed by atoms with Crippen LogP contribution in [0, 0.1) is 0 Å². The van der Waals surface area contributed by atoms with E-state index >= 15 is 0 Å². The molecule has 0 bridgehead atoms. The first-order valence-corrected chi connectivity index (χ1v) is 6.22. The molecular weight excluding hydrogens is 255 g/mol. The van der Waals surface area contributed by atoms with E-state index in [4.69, 9.17) is 5.73 Å². The number of anilines is 1. The molecule has 0 saturated carbocycles. The highest BCUT2D eigenvalue weighted by atomic mass is 19.4. The number of rotatable bonds is 4. The van der Waals surface area contributed by atoms with Crippen molar-refractivity contribution in [2.45, 2.75) is 38.9 Å². The molecule has 2 N–H and O–H groups in total. The second kappa shape index (κ2) is 5.11. The molecule has 0 aliphatic carbocycles. The van der Waals surface area contributed by atoms with Gasteiger partial charge in [0, 0.05) is 18.7 Å². The molecule has 1 heterocycles. The molecule has 0 spiro atoms. The Balaban J connectivity index is 2.40. The molecule has 2 aromatic rings. The first-order chi connectivity index (χ1) is 8.90. The monoisotopic (exact) mass is 271 g/mol. The predicted octanol–water partition coefficient (Wildman–Crippen LogP) is 3.52. The maximum atomic E-state index is 12.4. The summed E-state index contributed by atoms with van der Waals surface area (Å²) in [4.78, 5) is 4.38. The highest BCUT2D eigenvalue weighted by Crippen LogP contribution is 2.25. The highest BCUT2D eigenvalue weighted by Gasteiger charge is 2.27. The van der Waals surface area contributed by atoms with E-state index in [-0.39, 0.29) is 6.54 Å². The Kier molecular flexibility index (Phi) is 3.68.